The van der Waals surface area contributed by atoms with Crippen LogP contribution in [-0.2, 0) is 12.7 Å². The minimum atomic E-state index is -4.46. The highest BCUT2D eigenvalue weighted by atomic mass is 79.9. The second kappa shape index (κ2) is 6.07. The number of rotatable bonds is 4. The quantitative estimate of drug-likeness (QED) is 0.798. The molecular weight excluding hydrogens is 371 g/mol. The van der Waals surface area contributed by atoms with Gasteiger partial charge in [0.1, 0.15) is 0 Å². The van der Waals surface area contributed by atoms with Crippen LogP contribution in [0.3, 0.4) is 0 Å². The van der Waals surface area contributed by atoms with E-state index in [1.165, 1.54) is 34.9 Å². The highest BCUT2D eigenvalue weighted by Crippen LogP contribution is 2.36. The molecule has 0 fully saturated rings. The van der Waals surface area contributed by atoms with E-state index in [4.69, 9.17) is 5.11 Å². The van der Waals surface area contributed by atoms with Crippen LogP contribution in [0.2, 0.25) is 0 Å². The molecule has 0 amide bonds. The van der Waals surface area contributed by atoms with Crippen molar-refractivity contribution in [3.8, 4) is 0 Å². The minimum Gasteiger partial charge on any atom is -0.478 e. The maximum atomic E-state index is 12.9. The maximum Gasteiger partial charge on any atom is 0.418 e. The summed E-state index contributed by atoms with van der Waals surface area (Å²) >= 11 is 4.19. The Hall–Kier alpha value is -1.54. The Kier molecular flexibility index (Phi) is 4.58. The molecule has 2 aromatic rings. The SMILES string of the molecule is O=C(O)c1csc(CNc2ccc(Br)cc2C(F)(F)F)c1. The Morgan fingerprint density at radius 1 is 1.33 bits per heavy atom. The first-order chi connectivity index (χ1) is 9.77. The number of aromatic carboxylic acids is 1. The van der Waals surface area contributed by atoms with Crippen LogP contribution in [0.15, 0.2) is 34.1 Å². The topological polar surface area (TPSA) is 49.3 Å². The van der Waals surface area contributed by atoms with Gasteiger partial charge in [-0.15, -0.1) is 11.3 Å². The molecule has 0 aliphatic carbocycles. The molecule has 1 aromatic heterocycles. The van der Waals surface area contributed by atoms with E-state index in [2.05, 4.69) is 21.2 Å². The normalized spacial score (nSPS) is 11.4. The van der Waals surface area contributed by atoms with E-state index in [0.717, 1.165) is 6.07 Å². The van der Waals surface area contributed by atoms with Gasteiger partial charge in [-0.3, -0.25) is 0 Å². The predicted molar refractivity (Wildman–Crippen MR) is 77.7 cm³/mol. The van der Waals surface area contributed by atoms with E-state index in [-0.39, 0.29) is 17.8 Å². The van der Waals surface area contributed by atoms with Crippen LogP contribution in [0.25, 0.3) is 0 Å². The van der Waals surface area contributed by atoms with Gasteiger partial charge >= 0.3 is 12.1 Å². The first-order valence-corrected chi connectivity index (χ1v) is 7.36. The number of halogens is 4. The highest BCUT2D eigenvalue weighted by molar-refractivity contribution is 9.10. The number of benzene rings is 1. The van der Waals surface area contributed by atoms with Crippen LogP contribution in [0.5, 0.6) is 0 Å². The first-order valence-electron chi connectivity index (χ1n) is 5.68. The number of carboxylic acid groups (broad SMARTS) is 1. The van der Waals surface area contributed by atoms with Gasteiger partial charge in [-0.1, -0.05) is 15.9 Å². The van der Waals surface area contributed by atoms with E-state index in [0.29, 0.717) is 9.35 Å². The maximum absolute atomic E-state index is 12.9. The molecule has 0 aliphatic heterocycles. The minimum absolute atomic E-state index is 0.0454. The molecule has 0 radical (unpaired) electrons. The fourth-order valence-corrected chi connectivity index (χ4v) is 2.83. The van der Waals surface area contributed by atoms with Crippen LogP contribution in [0.4, 0.5) is 18.9 Å². The summed E-state index contributed by atoms with van der Waals surface area (Å²) in [5, 5.41) is 12.9. The summed E-state index contributed by atoms with van der Waals surface area (Å²) in [5.74, 6) is -1.06. The molecule has 0 aliphatic rings. The van der Waals surface area contributed by atoms with E-state index in [1.54, 1.807) is 0 Å². The van der Waals surface area contributed by atoms with Crippen LogP contribution >= 0.6 is 27.3 Å². The molecule has 8 heteroatoms. The van der Waals surface area contributed by atoms with E-state index in [1.807, 2.05) is 0 Å². The summed E-state index contributed by atoms with van der Waals surface area (Å²) in [6.45, 7) is 0.128. The average Bonchev–Trinajstić information content (AvgIpc) is 2.85. The number of carboxylic acids is 1. The summed E-state index contributed by atoms with van der Waals surface area (Å²) in [6.07, 6.45) is -4.46. The van der Waals surface area contributed by atoms with Crippen molar-refractivity contribution in [2.45, 2.75) is 12.7 Å². The first kappa shape index (κ1) is 15.8. The van der Waals surface area contributed by atoms with Crippen molar-refractivity contribution < 1.29 is 23.1 Å². The van der Waals surface area contributed by atoms with Crippen molar-refractivity contribution in [2.75, 3.05) is 5.32 Å². The molecule has 0 bridgehead atoms. The standard InChI is InChI=1S/C13H9BrF3NO2S/c14-8-1-2-11(10(4-8)13(15,16)17)18-5-9-3-7(6-21-9)12(19)20/h1-4,6,18H,5H2,(H,19,20). The van der Waals surface area contributed by atoms with Gasteiger partial charge in [-0.05, 0) is 24.3 Å². The van der Waals surface area contributed by atoms with Crippen molar-refractivity contribution >= 4 is 38.9 Å². The lowest BCUT2D eigenvalue weighted by molar-refractivity contribution is -0.137. The third-order valence-corrected chi connectivity index (χ3v) is 4.07. The summed E-state index contributed by atoms with van der Waals surface area (Å²) in [7, 11) is 0. The molecule has 3 nitrogen and oxygen atoms in total. The molecule has 2 N–H and O–H groups in total. The zero-order valence-electron chi connectivity index (χ0n) is 10.4. The Balaban J connectivity index is 2.18. The molecule has 0 saturated heterocycles. The molecule has 0 unspecified atom stereocenters. The largest absolute Gasteiger partial charge is 0.478 e. The van der Waals surface area contributed by atoms with E-state index >= 15 is 0 Å². The zero-order chi connectivity index (χ0) is 15.6. The van der Waals surface area contributed by atoms with Gasteiger partial charge in [0.05, 0.1) is 11.1 Å². The molecule has 112 valence electrons. The summed E-state index contributed by atoms with van der Waals surface area (Å²) in [4.78, 5) is 11.4. The van der Waals surface area contributed by atoms with Crippen LogP contribution in [-0.4, -0.2) is 11.1 Å². The average molecular weight is 380 g/mol. The Morgan fingerprint density at radius 2 is 2.05 bits per heavy atom. The Bertz CT molecular complexity index is 670. The van der Waals surface area contributed by atoms with Gasteiger partial charge in [0.25, 0.3) is 0 Å². The number of thiophene rings is 1. The van der Waals surface area contributed by atoms with Gasteiger partial charge in [0.2, 0.25) is 0 Å². The van der Waals surface area contributed by atoms with E-state index in [9.17, 15) is 18.0 Å². The fraction of sp³-hybridized carbons (Fsp3) is 0.154. The molecule has 1 aromatic carbocycles. The lowest BCUT2D eigenvalue weighted by atomic mass is 10.1. The lowest BCUT2D eigenvalue weighted by Crippen LogP contribution is -2.10. The lowest BCUT2D eigenvalue weighted by Gasteiger charge is -2.14. The van der Waals surface area contributed by atoms with Crippen LogP contribution in [0, 0.1) is 0 Å². The number of hydrogen-bond donors (Lipinski definition) is 2. The third kappa shape index (κ3) is 3.98. The number of alkyl halides is 3. The number of hydrogen-bond acceptors (Lipinski definition) is 3. The Morgan fingerprint density at radius 3 is 2.62 bits per heavy atom. The molecule has 2 rings (SSSR count). The van der Waals surface area contributed by atoms with Gasteiger partial charge in [0, 0.05) is 27.0 Å². The molecular formula is C13H9BrF3NO2S. The van der Waals surface area contributed by atoms with Gasteiger partial charge in [-0.25, -0.2) is 4.79 Å². The molecule has 0 saturated carbocycles. The van der Waals surface area contributed by atoms with Crippen LogP contribution in [0.1, 0.15) is 20.8 Å². The predicted octanol–water partition coefficient (Wildman–Crippen LogP) is 4.84. The summed E-state index contributed by atoms with van der Waals surface area (Å²) in [6, 6.07) is 5.28. The molecule has 1 heterocycles. The molecule has 0 atom stereocenters. The molecule has 0 spiro atoms. The summed E-state index contributed by atoms with van der Waals surface area (Å²) < 4.78 is 39.1. The van der Waals surface area contributed by atoms with Crippen molar-refractivity contribution in [1.82, 2.24) is 0 Å². The van der Waals surface area contributed by atoms with Crippen molar-refractivity contribution in [3.05, 3.63) is 50.1 Å². The number of anilines is 1. The second-order valence-corrected chi connectivity index (χ2v) is 6.06. The van der Waals surface area contributed by atoms with Crippen LogP contribution < -0.4 is 5.32 Å². The monoisotopic (exact) mass is 379 g/mol. The third-order valence-electron chi connectivity index (χ3n) is 2.64. The van der Waals surface area contributed by atoms with E-state index < -0.39 is 17.7 Å². The fourth-order valence-electron chi connectivity index (χ4n) is 1.67. The zero-order valence-corrected chi connectivity index (χ0v) is 12.8. The van der Waals surface area contributed by atoms with Crippen molar-refractivity contribution in [1.29, 1.82) is 0 Å². The smallest absolute Gasteiger partial charge is 0.418 e. The molecule has 21 heavy (non-hydrogen) atoms. The van der Waals surface area contributed by atoms with Gasteiger partial charge < -0.3 is 10.4 Å². The number of carbonyl (C=O) groups is 1. The van der Waals surface area contributed by atoms with Crippen molar-refractivity contribution in [2.24, 2.45) is 0 Å². The Labute approximate surface area is 130 Å². The number of nitrogens with one attached hydrogen (secondary N) is 1. The second-order valence-electron chi connectivity index (χ2n) is 4.15. The van der Waals surface area contributed by atoms with Gasteiger partial charge in [0.15, 0.2) is 0 Å². The van der Waals surface area contributed by atoms with Crippen molar-refractivity contribution in [3.63, 3.8) is 0 Å². The van der Waals surface area contributed by atoms with Gasteiger partial charge in [-0.2, -0.15) is 13.2 Å². The summed E-state index contributed by atoms with van der Waals surface area (Å²) in [5.41, 5.74) is -0.688. The highest BCUT2D eigenvalue weighted by Gasteiger charge is 2.33.